The second-order valence-corrected chi connectivity index (χ2v) is 5.90. The molecule has 86 valence electrons. The average Bonchev–Trinajstić information content (AvgIpc) is 2.98. The Morgan fingerprint density at radius 2 is 1.87 bits per heavy atom. The summed E-state index contributed by atoms with van der Waals surface area (Å²) in [6, 6.07) is 0. The van der Waals surface area contributed by atoms with Crippen LogP contribution in [0.2, 0.25) is 0 Å². The Labute approximate surface area is 106 Å². The van der Waals surface area contributed by atoms with E-state index in [0.717, 1.165) is 24.8 Å². The number of rotatable bonds is 5. The molecule has 0 saturated heterocycles. The summed E-state index contributed by atoms with van der Waals surface area (Å²) in [5.74, 6) is 2.25. The number of hydrogen-bond acceptors (Lipinski definition) is 1. The highest BCUT2D eigenvalue weighted by atomic mass is 127. The van der Waals surface area contributed by atoms with Gasteiger partial charge in [-0.2, -0.15) is 0 Å². The van der Waals surface area contributed by atoms with Gasteiger partial charge >= 0.3 is 0 Å². The smallest absolute Gasteiger partial charge is 0.223 e. The van der Waals surface area contributed by atoms with E-state index in [-0.39, 0.29) is 0 Å². The highest BCUT2D eigenvalue weighted by molar-refractivity contribution is 14.1. The predicted octanol–water partition coefficient (Wildman–Crippen LogP) is 2.75. The number of hydrogen-bond donors (Lipinski definition) is 1. The largest absolute Gasteiger partial charge is 0.356 e. The third-order valence-corrected chi connectivity index (χ3v) is 4.58. The molecule has 0 radical (unpaired) electrons. The van der Waals surface area contributed by atoms with Crippen LogP contribution >= 0.6 is 22.6 Å². The molecule has 0 bridgehead atoms. The first-order valence-electron chi connectivity index (χ1n) is 6.18. The standard InChI is InChI=1S/C12H20INO/c13-7-3-4-8-14-12(15)11-9-5-1-2-6-10(9)11/h9-11H,1-8H2,(H,14,15). The Balaban J connectivity index is 1.64. The van der Waals surface area contributed by atoms with Crippen LogP contribution in [0, 0.1) is 17.8 Å². The fourth-order valence-electron chi connectivity index (χ4n) is 2.93. The molecule has 0 aromatic rings. The van der Waals surface area contributed by atoms with Crippen molar-refractivity contribution in [1.82, 2.24) is 5.32 Å². The summed E-state index contributed by atoms with van der Waals surface area (Å²) in [6.45, 7) is 0.887. The van der Waals surface area contributed by atoms with Gasteiger partial charge in [0, 0.05) is 12.5 Å². The van der Waals surface area contributed by atoms with Gasteiger partial charge < -0.3 is 5.32 Å². The van der Waals surface area contributed by atoms with Crippen LogP contribution < -0.4 is 5.32 Å². The molecule has 2 aliphatic carbocycles. The van der Waals surface area contributed by atoms with Crippen LogP contribution in [0.15, 0.2) is 0 Å². The van der Waals surface area contributed by atoms with E-state index in [9.17, 15) is 4.79 Å². The maximum absolute atomic E-state index is 11.8. The van der Waals surface area contributed by atoms with Crippen LogP contribution in [-0.4, -0.2) is 16.9 Å². The molecular formula is C12H20INO. The van der Waals surface area contributed by atoms with Crippen LogP contribution in [0.5, 0.6) is 0 Å². The Bertz CT molecular complexity index is 220. The van der Waals surface area contributed by atoms with E-state index in [0.29, 0.717) is 11.8 Å². The minimum absolute atomic E-state index is 0.348. The summed E-state index contributed by atoms with van der Waals surface area (Å²) >= 11 is 2.38. The van der Waals surface area contributed by atoms with Gasteiger partial charge in [-0.15, -0.1) is 0 Å². The molecule has 1 amide bonds. The normalized spacial score (nSPS) is 33.3. The number of amides is 1. The first-order chi connectivity index (χ1) is 7.34. The Kier molecular flexibility index (Phi) is 4.29. The molecule has 0 spiro atoms. The molecule has 2 unspecified atom stereocenters. The quantitative estimate of drug-likeness (QED) is 0.471. The number of carbonyl (C=O) groups excluding carboxylic acids is 1. The van der Waals surface area contributed by atoms with Crippen molar-refractivity contribution >= 4 is 28.5 Å². The maximum Gasteiger partial charge on any atom is 0.223 e. The van der Waals surface area contributed by atoms with Gasteiger partial charge in [0.2, 0.25) is 5.91 Å². The van der Waals surface area contributed by atoms with Crippen molar-refractivity contribution in [2.24, 2.45) is 17.8 Å². The van der Waals surface area contributed by atoms with Crippen molar-refractivity contribution in [2.75, 3.05) is 11.0 Å². The molecule has 2 rings (SSSR count). The lowest BCUT2D eigenvalue weighted by molar-refractivity contribution is -0.122. The highest BCUT2D eigenvalue weighted by Crippen LogP contribution is 2.55. The first-order valence-corrected chi connectivity index (χ1v) is 7.71. The Hall–Kier alpha value is 0.200. The second kappa shape index (κ2) is 5.51. The maximum atomic E-state index is 11.8. The topological polar surface area (TPSA) is 29.1 Å². The molecule has 1 N–H and O–H groups in total. The van der Waals surface area contributed by atoms with E-state index >= 15 is 0 Å². The number of carbonyl (C=O) groups is 1. The van der Waals surface area contributed by atoms with Crippen molar-refractivity contribution in [3.05, 3.63) is 0 Å². The van der Waals surface area contributed by atoms with Crippen LogP contribution in [0.3, 0.4) is 0 Å². The van der Waals surface area contributed by atoms with E-state index in [1.165, 1.54) is 36.5 Å². The molecule has 2 fully saturated rings. The average molecular weight is 321 g/mol. The number of alkyl halides is 1. The van der Waals surface area contributed by atoms with Gasteiger partial charge in [0.15, 0.2) is 0 Å². The van der Waals surface area contributed by atoms with Crippen molar-refractivity contribution in [1.29, 1.82) is 0 Å². The summed E-state index contributed by atoms with van der Waals surface area (Å²) in [5.41, 5.74) is 0. The molecule has 0 aliphatic heterocycles. The van der Waals surface area contributed by atoms with Gasteiger partial charge in [-0.25, -0.2) is 0 Å². The fourth-order valence-corrected chi connectivity index (χ4v) is 3.47. The Morgan fingerprint density at radius 3 is 2.47 bits per heavy atom. The van der Waals surface area contributed by atoms with E-state index < -0.39 is 0 Å². The third-order valence-electron chi connectivity index (χ3n) is 3.82. The molecule has 0 aromatic carbocycles. The lowest BCUT2D eigenvalue weighted by Crippen LogP contribution is -2.27. The summed E-state index contributed by atoms with van der Waals surface area (Å²) in [7, 11) is 0. The molecular weight excluding hydrogens is 301 g/mol. The van der Waals surface area contributed by atoms with Gasteiger partial charge in [0.25, 0.3) is 0 Å². The summed E-state index contributed by atoms with van der Waals surface area (Å²) in [5, 5.41) is 3.09. The zero-order valence-electron chi connectivity index (χ0n) is 9.18. The third kappa shape index (κ3) is 2.86. The molecule has 2 aliphatic rings. The summed E-state index contributed by atoms with van der Waals surface area (Å²) in [6.07, 6.45) is 7.65. The monoisotopic (exact) mass is 321 g/mol. The predicted molar refractivity (Wildman–Crippen MR) is 70.1 cm³/mol. The SMILES string of the molecule is O=C(NCCCCI)C1C2CCCCC21. The van der Waals surface area contributed by atoms with Gasteiger partial charge in [-0.3, -0.25) is 4.79 Å². The number of halogens is 1. The van der Waals surface area contributed by atoms with Crippen LogP contribution in [0.1, 0.15) is 38.5 Å². The van der Waals surface area contributed by atoms with Crippen LogP contribution in [0.25, 0.3) is 0 Å². The minimum Gasteiger partial charge on any atom is -0.356 e. The molecule has 2 atom stereocenters. The fraction of sp³-hybridized carbons (Fsp3) is 0.917. The summed E-state index contributed by atoms with van der Waals surface area (Å²) in [4.78, 5) is 11.8. The van der Waals surface area contributed by atoms with Gasteiger partial charge in [-0.05, 0) is 41.9 Å². The number of fused-ring (bicyclic) bond motifs is 1. The van der Waals surface area contributed by atoms with Gasteiger partial charge in [-0.1, -0.05) is 35.4 Å². The lowest BCUT2D eigenvalue weighted by Gasteiger charge is -2.04. The van der Waals surface area contributed by atoms with Crippen molar-refractivity contribution in [2.45, 2.75) is 38.5 Å². The molecule has 2 saturated carbocycles. The van der Waals surface area contributed by atoms with Gasteiger partial charge in [0.05, 0.1) is 0 Å². The van der Waals surface area contributed by atoms with E-state index in [1.54, 1.807) is 0 Å². The van der Waals surface area contributed by atoms with Crippen molar-refractivity contribution in [3.8, 4) is 0 Å². The molecule has 0 heterocycles. The molecule has 3 heteroatoms. The zero-order valence-corrected chi connectivity index (χ0v) is 11.3. The number of nitrogens with one attached hydrogen (secondary N) is 1. The molecule has 15 heavy (non-hydrogen) atoms. The zero-order chi connectivity index (χ0) is 10.7. The second-order valence-electron chi connectivity index (χ2n) is 4.83. The number of unbranched alkanes of at least 4 members (excludes halogenated alkanes) is 1. The lowest BCUT2D eigenvalue weighted by atomic mass is 10.0. The van der Waals surface area contributed by atoms with Gasteiger partial charge in [0.1, 0.15) is 0 Å². The van der Waals surface area contributed by atoms with E-state index in [1.807, 2.05) is 0 Å². The summed E-state index contributed by atoms with van der Waals surface area (Å²) < 4.78 is 1.20. The van der Waals surface area contributed by atoms with Crippen molar-refractivity contribution in [3.63, 3.8) is 0 Å². The molecule has 2 nitrogen and oxygen atoms in total. The molecule has 0 aromatic heterocycles. The first kappa shape index (κ1) is 11.7. The van der Waals surface area contributed by atoms with E-state index in [2.05, 4.69) is 27.9 Å². The van der Waals surface area contributed by atoms with Crippen LogP contribution in [0.4, 0.5) is 0 Å². The van der Waals surface area contributed by atoms with Crippen LogP contribution in [-0.2, 0) is 4.79 Å². The van der Waals surface area contributed by atoms with Crippen molar-refractivity contribution < 1.29 is 4.79 Å². The highest BCUT2D eigenvalue weighted by Gasteiger charge is 2.54. The van der Waals surface area contributed by atoms with E-state index in [4.69, 9.17) is 0 Å². The minimum atomic E-state index is 0.348. The Morgan fingerprint density at radius 1 is 1.20 bits per heavy atom.